The molecule has 1 heterocycles. The smallest absolute Gasteiger partial charge is 0.335 e. The second kappa shape index (κ2) is 10.1. The van der Waals surface area contributed by atoms with Crippen LogP contribution in [0.15, 0.2) is 60.9 Å². The molecule has 4 N–H and O–H groups in total. The molecule has 0 saturated heterocycles. The Morgan fingerprint density at radius 1 is 0.938 bits per heavy atom. The minimum Gasteiger partial charge on any atom is -0.480 e. The van der Waals surface area contributed by atoms with Crippen molar-refractivity contribution in [3.05, 3.63) is 87.7 Å². The molecule has 0 radical (unpaired) electrons. The van der Waals surface area contributed by atoms with Crippen molar-refractivity contribution in [2.75, 3.05) is 10.6 Å². The van der Waals surface area contributed by atoms with E-state index in [-0.39, 0.29) is 27.6 Å². The Labute approximate surface area is 192 Å². The maximum Gasteiger partial charge on any atom is 0.335 e. The first-order valence-corrected chi connectivity index (χ1v) is 10.0. The highest BCUT2D eigenvalue weighted by atomic mass is 35.5. The number of aliphatic carboxylic acids is 1. The lowest BCUT2D eigenvalue weighted by Gasteiger charge is -2.16. The number of nitrogens with one attached hydrogen (secondary N) is 2. The number of rotatable bonds is 8. The average molecular weight is 474 g/mol. The van der Waals surface area contributed by atoms with Gasteiger partial charge in [0.1, 0.15) is 6.04 Å². The van der Waals surface area contributed by atoms with E-state index in [0.717, 1.165) is 0 Å². The maximum absolute atomic E-state index is 12.4. The molecule has 2 aromatic carbocycles. The van der Waals surface area contributed by atoms with Gasteiger partial charge in [-0.15, -0.1) is 0 Å². The Hall–Kier alpha value is -3.62. The molecule has 0 aliphatic carbocycles. The van der Waals surface area contributed by atoms with Crippen molar-refractivity contribution in [1.82, 2.24) is 4.98 Å². The molecule has 32 heavy (non-hydrogen) atoms. The van der Waals surface area contributed by atoms with E-state index >= 15 is 0 Å². The summed E-state index contributed by atoms with van der Waals surface area (Å²) in [7, 11) is 0. The normalized spacial score (nSPS) is 11.4. The standard InChI is InChI=1S/C22H17Cl2N3O5/c23-16-10-25-11-17(24)19(16)20(28)27-14-6-4-12(5-7-14)8-18(22(31)32)26-15-3-1-2-13(9-15)21(29)30/h1-7,9-11,18,26H,8H2,(H,27,28)(H,29,30)(H,31,32). The van der Waals surface area contributed by atoms with Gasteiger partial charge in [0.2, 0.25) is 0 Å². The van der Waals surface area contributed by atoms with E-state index in [0.29, 0.717) is 16.9 Å². The van der Waals surface area contributed by atoms with Crippen LogP contribution in [0.3, 0.4) is 0 Å². The number of hydrogen-bond acceptors (Lipinski definition) is 5. The predicted molar refractivity (Wildman–Crippen MR) is 121 cm³/mol. The molecule has 0 saturated carbocycles. The van der Waals surface area contributed by atoms with Crippen molar-refractivity contribution in [1.29, 1.82) is 0 Å². The van der Waals surface area contributed by atoms with Gasteiger partial charge in [0.15, 0.2) is 0 Å². The van der Waals surface area contributed by atoms with Crippen molar-refractivity contribution in [2.24, 2.45) is 0 Å². The molecule has 0 aliphatic heterocycles. The number of pyridine rings is 1. The number of aromatic carboxylic acids is 1. The van der Waals surface area contributed by atoms with Gasteiger partial charge >= 0.3 is 11.9 Å². The molecular weight excluding hydrogens is 457 g/mol. The van der Waals surface area contributed by atoms with Crippen LogP contribution in [0.2, 0.25) is 10.0 Å². The van der Waals surface area contributed by atoms with Gasteiger partial charge in [-0.3, -0.25) is 9.78 Å². The topological polar surface area (TPSA) is 129 Å². The summed E-state index contributed by atoms with van der Waals surface area (Å²) in [6, 6.07) is 11.5. The van der Waals surface area contributed by atoms with Crippen molar-refractivity contribution >= 4 is 52.4 Å². The van der Waals surface area contributed by atoms with Crippen molar-refractivity contribution < 1.29 is 24.6 Å². The Morgan fingerprint density at radius 2 is 1.59 bits per heavy atom. The lowest BCUT2D eigenvalue weighted by Crippen LogP contribution is -2.31. The van der Waals surface area contributed by atoms with E-state index in [1.54, 1.807) is 30.3 Å². The summed E-state index contributed by atoms with van der Waals surface area (Å²) < 4.78 is 0. The van der Waals surface area contributed by atoms with Crippen molar-refractivity contribution in [3.8, 4) is 0 Å². The van der Waals surface area contributed by atoms with Crippen LogP contribution in [0, 0.1) is 0 Å². The molecule has 10 heteroatoms. The zero-order chi connectivity index (χ0) is 23.3. The average Bonchev–Trinajstić information content (AvgIpc) is 2.74. The van der Waals surface area contributed by atoms with E-state index in [2.05, 4.69) is 15.6 Å². The highest BCUT2D eigenvalue weighted by Crippen LogP contribution is 2.24. The van der Waals surface area contributed by atoms with Gasteiger partial charge in [0.05, 0.1) is 21.2 Å². The molecule has 0 fully saturated rings. The molecule has 164 valence electrons. The van der Waals surface area contributed by atoms with Gasteiger partial charge in [-0.25, -0.2) is 9.59 Å². The number of carbonyl (C=O) groups is 3. The number of anilines is 2. The summed E-state index contributed by atoms with van der Waals surface area (Å²) in [5.41, 5.74) is 1.70. The molecule has 0 bridgehead atoms. The monoisotopic (exact) mass is 473 g/mol. The van der Waals surface area contributed by atoms with Crippen LogP contribution in [0.1, 0.15) is 26.3 Å². The quantitative estimate of drug-likeness (QED) is 0.380. The number of nitrogens with zero attached hydrogens (tertiary/aromatic N) is 1. The minimum absolute atomic E-state index is 0.0497. The number of carboxylic acids is 2. The molecule has 1 unspecified atom stereocenters. The number of aromatic nitrogens is 1. The molecule has 3 aromatic rings. The third-order valence-electron chi connectivity index (χ3n) is 4.48. The summed E-state index contributed by atoms with van der Waals surface area (Å²) in [4.78, 5) is 39.1. The van der Waals surface area contributed by atoms with Gasteiger partial charge in [-0.1, -0.05) is 41.4 Å². The molecule has 8 nitrogen and oxygen atoms in total. The number of carbonyl (C=O) groups excluding carboxylic acids is 1. The third kappa shape index (κ3) is 5.75. The van der Waals surface area contributed by atoms with E-state index in [9.17, 15) is 19.5 Å². The SMILES string of the molecule is O=C(O)c1cccc(NC(Cc2ccc(NC(=O)c3c(Cl)cncc3Cl)cc2)C(=O)O)c1. The van der Waals surface area contributed by atoms with E-state index in [4.69, 9.17) is 28.3 Å². The second-order valence-electron chi connectivity index (χ2n) is 6.75. The fraction of sp³-hybridized carbons (Fsp3) is 0.0909. The number of halogens is 2. The van der Waals surface area contributed by atoms with Gasteiger partial charge in [-0.2, -0.15) is 0 Å². The second-order valence-corrected chi connectivity index (χ2v) is 7.57. The van der Waals surface area contributed by atoms with E-state index in [1.165, 1.54) is 30.6 Å². The molecule has 0 aliphatic rings. The fourth-order valence-corrected chi connectivity index (χ4v) is 3.46. The first kappa shape index (κ1) is 23.1. The third-order valence-corrected chi connectivity index (χ3v) is 5.05. The van der Waals surface area contributed by atoms with Crippen molar-refractivity contribution in [2.45, 2.75) is 12.5 Å². The Balaban J connectivity index is 1.69. The van der Waals surface area contributed by atoms with Crippen LogP contribution in [-0.4, -0.2) is 39.1 Å². The van der Waals surface area contributed by atoms with Gasteiger partial charge < -0.3 is 20.8 Å². The van der Waals surface area contributed by atoms with Crippen LogP contribution in [0.25, 0.3) is 0 Å². The summed E-state index contributed by atoms with van der Waals surface area (Å²) >= 11 is 12.0. The van der Waals surface area contributed by atoms with Crippen LogP contribution in [0.4, 0.5) is 11.4 Å². The summed E-state index contributed by atoms with van der Waals surface area (Å²) in [6.07, 6.45) is 2.76. The first-order chi connectivity index (χ1) is 15.2. The van der Waals surface area contributed by atoms with Crippen LogP contribution in [-0.2, 0) is 11.2 Å². The Kier molecular flexibility index (Phi) is 7.29. The highest BCUT2D eigenvalue weighted by Gasteiger charge is 2.19. The molecular formula is C22H17Cl2N3O5. The van der Waals surface area contributed by atoms with Crippen LogP contribution in [0.5, 0.6) is 0 Å². The largest absolute Gasteiger partial charge is 0.480 e. The fourth-order valence-electron chi connectivity index (χ4n) is 2.92. The number of benzene rings is 2. The summed E-state index contributed by atoms with van der Waals surface area (Å²) in [5, 5.41) is 24.4. The van der Waals surface area contributed by atoms with Crippen LogP contribution < -0.4 is 10.6 Å². The predicted octanol–water partition coefficient (Wildman–Crippen LogP) is 4.45. The molecule has 1 amide bonds. The lowest BCUT2D eigenvalue weighted by atomic mass is 10.0. The first-order valence-electron chi connectivity index (χ1n) is 9.26. The molecule has 0 spiro atoms. The van der Waals surface area contributed by atoms with E-state index < -0.39 is 23.9 Å². The number of carboxylic acid groups (broad SMARTS) is 2. The highest BCUT2D eigenvalue weighted by molar-refractivity contribution is 6.40. The van der Waals surface area contributed by atoms with Gasteiger partial charge in [0, 0.05) is 30.2 Å². The van der Waals surface area contributed by atoms with Crippen molar-refractivity contribution in [3.63, 3.8) is 0 Å². The minimum atomic E-state index is -1.10. The number of amides is 1. The number of hydrogen-bond donors (Lipinski definition) is 4. The summed E-state index contributed by atoms with van der Waals surface area (Å²) in [6.45, 7) is 0. The van der Waals surface area contributed by atoms with Gasteiger partial charge in [-0.05, 0) is 35.9 Å². The Morgan fingerprint density at radius 3 is 2.19 bits per heavy atom. The maximum atomic E-state index is 12.4. The molecule has 1 aromatic heterocycles. The van der Waals surface area contributed by atoms with E-state index in [1.807, 2.05) is 0 Å². The molecule has 3 rings (SSSR count). The summed E-state index contributed by atoms with van der Waals surface area (Å²) in [5.74, 6) is -2.70. The zero-order valence-electron chi connectivity index (χ0n) is 16.4. The zero-order valence-corrected chi connectivity index (χ0v) is 17.9. The lowest BCUT2D eigenvalue weighted by molar-refractivity contribution is -0.137. The Bertz CT molecular complexity index is 1150. The molecule has 1 atom stereocenters. The van der Waals surface area contributed by atoms with Crippen LogP contribution >= 0.6 is 23.2 Å². The van der Waals surface area contributed by atoms with Gasteiger partial charge in [0.25, 0.3) is 5.91 Å².